The van der Waals surface area contributed by atoms with Gasteiger partial charge in [0.25, 0.3) is 0 Å². The molecule has 0 saturated carbocycles. The van der Waals surface area contributed by atoms with E-state index < -0.39 is 0 Å². The molecule has 0 aliphatic carbocycles. The molecule has 0 atom stereocenters. The van der Waals surface area contributed by atoms with Crippen LogP contribution in [0.15, 0.2) is 77.9 Å². The predicted octanol–water partition coefficient (Wildman–Crippen LogP) is 4.98. The topological polar surface area (TPSA) is 94.3 Å². The first kappa shape index (κ1) is 23.7. The number of benzene rings is 2. The molecule has 3 aromatic heterocycles. The van der Waals surface area contributed by atoms with E-state index in [1.807, 2.05) is 65.2 Å². The smallest absolute Gasteiger partial charge is 0.290 e. The first-order chi connectivity index (χ1) is 17.7. The van der Waals surface area contributed by atoms with E-state index in [1.54, 1.807) is 17.0 Å². The molecule has 0 saturated heterocycles. The van der Waals surface area contributed by atoms with Crippen molar-refractivity contribution in [3.63, 3.8) is 0 Å². The lowest BCUT2D eigenvalue weighted by molar-refractivity contribution is 0.655. The van der Waals surface area contributed by atoms with Crippen LogP contribution in [0, 0.1) is 0 Å². The molecule has 0 bridgehead atoms. The number of aromatic nitrogens is 7. The Bertz CT molecular complexity index is 1490. The standard InChI is InChI=1S/C27H26ClN7O/c1-2-3-9-24-25(28)35(18-19-7-5-4-6-8-19)27(36)34(24)17-20-10-12-21(13-11-20)22-14-15-29-16-23(22)26-30-32-33-31-26/h4-8,10-16H,2-3,9,17-18H2,1H3,(H,30,31,32,33). The number of imidazole rings is 1. The molecule has 0 aliphatic heterocycles. The third-order valence-electron chi connectivity index (χ3n) is 6.24. The van der Waals surface area contributed by atoms with Crippen LogP contribution >= 0.6 is 11.6 Å². The molecule has 5 aromatic rings. The summed E-state index contributed by atoms with van der Waals surface area (Å²) in [6.45, 7) is 3.04. The van der Waals surface area contributed by atoms with Gasteiger partial charge in [-0.1, -0.05) is 79.5 Å². The number of unbranched alkanes of at least 4 members (excludes halogenated alkanes) is 1. The molecule has 0 unspecified atom stereocenters. The van der Waals surface area contributed by atoms with Crippen LogP contribution in [0.4, 0.5) is 0 Å². The van der Waals surface area contributed by atoms with Crippen LogP contribution in [-0.4, -0.2) is 34.7 Å². The maximum atomic E-state index is 13.5. The van der Waals surface area contributed by atoms with Gasteiger partial charge in [0.1, 0.15) is 5.15 Å². The third-order valence-corrected chi connectivity index (χ3v) is 6.66. The number of nitrogens with one attached hydrogen (secondary N) is 1. The lowest BCUT2D eigenvalue weighted by atomic mass is 10.00. The summed E-state index contributed by atoms with van der Waals surface area (Å²) in [6, 6.07) is 20.0. The molecule has 1 N–H and O–H groups in total. The summed E-state index contributed by atoms with van der Waals surface area (Å²) in [5, 5.41) is 14.7. The third kappa shape index (κ3) is 4.85. The van der Waals surface area contributed by atoms with Gasteiger partial charge >= 0.3 is 5.69 Å². The number of halogens is 1. The van der Waals surface area contributed by atoms with Crippen molar-refractivity contribution in [2.24, 2.45) is 0 Å². The number of rotatable bonds is 9. The van der Waals surface area contributed by atoms with Crippen LogP contribution in [0.3, 0.4) is 0 Å². The van der Waals surface area contributed by atoms with Crippen LogP contribution in [0.5, 0.6) is 0 Å². The van der Waals surface area contributed by atoms with Gasteiger partial charge in [0.15, 0.2) is 5.82 Å². The van der Waals surface area contributed by atoms with Gasteiger partial charge in [0, 0.05) is 18.0 Å². The fraction of sp³-hybridized carbons (Fsp3) is 0.222. The Labute approximate surface area is 213 Å². The SMILES string of the molecule is CCCCc1c(Cl)n(Cc2ccccc2)c(=O)n1Cc1ccc(-c2ccncc2-c2nnn[nH]2)cc1. The Kier molecular flexibility index (Phi) is 7.04. The highest BCUT2D eigenvalue weighted by atomic mass is 35.5. The van der Waals surface area contributed by atoms with Gasteiger partial charge in [-0.05, 0) is 51.6 Å². The molecule has 3 heterocycles. The zero-order valence-electron chi connectivity index (χ0n) is 19.9. The number of aromatic amines is 1. The average molecular weight is 500 g/mol. The number of hydrogen-bond donors (Lipinski definition) is 1. The van der Waals surface area contributed by atoms with Crippen molar-refractivity contribution < 1.29 is 0 Å². The van der Waals surface area contributed by atoms with Gasteiger partial charge in [-0.2, -0.15) is 0 Å². The summed E-state index contributed by atoms with van der Waals surface area (Å²) in [5.41, 5.74) is 5.65. The molecule has 0 radical (unpaired) electrons. The van der Waals surface area contributed by atoms with Crippen LogP contribution in [0.2, 0.25) is 5.15 Å². The first-order valence-electron chi connectivity index (χ1n) is 11.9. The number of tetrazole rings is 1. The molecule has 8 nitrogen and oxygen atoms in total. The van der Waals surface area contributed by atoms with E-state index in [-0.39, 0.29) is 5.69 Å². The molecule has 36 heavy (non-hydrogen) atoms. The second-order valence-electron chi connectivity index (χ2n) is 8.65. The maximum Gasteiger partial charge on any atom is 0.330 e. The quantitative estimate of drug-likeness (QED) is 0.308. The van der Waals surface area contributed by atoms with Gasteiger partial charge in [0.2, 0.25) is 0 Å². The summed E-state index contributed by atoms with van der Waals surface area (Å²) >= 11 is 6.78. The normalized spacial score (nSPS) is 11.2. The lowest BCUT2D eigenvalue weighted by Crippen LogP contribution is -2.26. The van der Waals surface area contributed by atoms with E-state index in [9.17, 15) is 4.79 Å². The molecule has 0 amide bonds. The lowest BCUT2D eigenvalue weighted by Gasteiger charge is -2.10. The Morgan fingerprint density at radius 2 is 1.67 bits per heavy atom. The second kappa shape index (κ2) is 10.7. The minimum absolute atomic E-state index is 0.0896. The minimum atomic E-state index is -0.0896. The van der Waals surface area contributed by atoms with E-state index in [0.717, 1.165) is 52.8 Å². The fourth-order valence-corrected chi connectivity index (χ4v) is 4.67. The van der Waals surface area contributed by atoms with Crippen molar-refractivity contribution in [2.75, 3.05) is 0 Å². The van der Waals surface area contributed by atoms with E-state index in [0.29, 0.717) is 24.1 Å². The molecule has 2 aromatic carbocycles. The molecule has 0 aliphatic rings. The molecule has 9 heteroatoms. The Balaban J connectivity index is 1.45. The van der Waals surface area contributed by atoms with Crippen LogP contribution < -0.4 is 5.69 Å². The first-order valence-corrected chi connectivity index (χ1v) is 12.3. The van der Waals surface area contributed by atoms with Crippen molar-refractivity contribution in [2.45, 2.75) is 39.3 Å². The summed E-state index contributed by atoms with van der Waals surface area (Å²) in [6.07, 6.45) is 6.24. The van der Waals surface area contributed by atoms with Crippen molar-refractivity contribution in [3.05, 3.63) is 106 Å². The van der Waals surface area contributed by atoms with Gasteiger partial charge < -0.3 is 0 Å². The summed E-state index contributed by atoms with van der Waals surface area (Å²) < 4.78 is 3.49. The van der Waals surface area contributed by atoms with Gasteiger partial charge in [0.05, 0.1) is 18.8 Å². The predicted molar refractivity (Wildman–Crippen MR) is 140 cm³/mol. The van der Waals surface area contributed by atoms with Crippen LogP contribution in [0.1, 0.15) is 36.6 Å². The number of hydrogen-bond acceptors (Lipinski definition) is 5. The molecule has 5 rings (SSSR count). The Morgan fingerprint density at radius 3 is 2.39 bits per heavy atom. The molecule has 0 spiro atoms. The largest absolute Gasteiger partial charge is 0.330 e. The van der Waals surface area contributed by atoms with E-state index in [2.05, 4.69) is 32.5 Å². The number of pyridine rings is 1. The average Bonchev–Trinajstić information content (AvgIpc) is 3.53. The highest BCUT2D eigenvalue weighted by molar-refractivity contribution is 6.30. The highest BCUT2D eigenvalue weighted by Crippen LogP contribution is 2.29. The van der Waals surface area contributed by atoms with Crippen LogP contribution in [0.25, 0.3) is 22.5 Å². The van der Waals surface area contributed by atoms with Gasteiger partial charge in [-0.25, -0.2) is 9.89 Å². The van der Waals surface area contributed by atoms with Crippen molar-refractivity contribution in [3.8, 4) is 22.5 Å². The maximum absolute atomic E-state index is 13.5. The highest BCUT2D eigenvalue weighted by Gasteiger charge is 2.19. The second-order valence-corrected chi connectivity index (χ2v) is 9.01. The van der Waals surface area contributed by atoms with E-state index in [4.69, 9.17) is 11.6 Å². The zero-order chi connectivity index (χ0) is 24.9. The molecule has 0 fully saturated rings. The van der Waals surface area contributed by atoms with E-state index >= 15 is 0 Å². The number of H-pyrrole nitrogens is 1. The zero-order valence-corrected chi connectivity index (χ0v) is 20.7. The fourth-order valence-electron chi connectivity index (χ4n) is 4.34. The minimum Gasteiger partial charge on any atom is -0.290 e. The van der Waals surface area contributed by atoms with Gasteiger partial charge in [-0.3, -0.25) is 14.1 Å². The molecular formula is C27H26ClN7O. The monoisotopic (exact) mass is 499 g/mol. The Morgan fingerprint density at radius 1 is 0.917 bits per heavy atom. The van der Waals surface area contributed by atoms with Crippen molar-refractivity contribution >= 4 is 11.6 Å². The molecular weight excluding hydrogens is 474 g/mol. The summed E-state index contributed by atoms with van der Waals surface area (Å²) in [4.78, 5) is 17.7. The van der Waals surface area contributed by atoms with Crippen LogP contribution in [-0.2, 0) is 19.5 Å². The number of nitrogens with zero attached hydrogens (tertiary/aromatic N) is 6. The summed E-state index contributed by atoms with van der Waals surface area (Å²) in [7, 11) is 0. The Hall–Kier alpha value is -4.04. The van der Waals surface area contributed by atoms with Crippen molar-refractivity contribution in [1.82, 2.24) is 34.7 Å². The molecule has 182 valence electrons. The summed E-state index contributed by atoms with van der Waals surface area (Å²) in [5.74, 6) is 0.559. The van der Waals surface area contributed by atoms with E-state index in [1.165, 1.54) is 0 Å². The van der Waals surface area contributed by atoms with Gasteiger partial charge in [-0.15, -0.1) is 5.10 Å². The van der Waals surface area contributed by atoms with Crippen molar-refractivity contribution in [1.29, 1.82) is 0 Å².